The van der Waals surface area contributed by atoms with E-state index < -0.39 is 5.82 Å². The minimum absolute atomic E-state index is 0.113. The Morgan fingerprint density at radius 3 is 2.52 bits per heavy atom. The Hall–Kier alpha value is -2.14. The minimum atomic E-state index is -0.498. The molecule has 2 aromatic carbocycles. The number of rotatable bonds is 6. The fourth-order valence-electron chi connectivity index (χ4n) is 1.94. The van der Waals surface area contributed by atoms with E-state index in [1.165, 1.54) is 41.3 Å². The third kappa shape index (κ3) is 4.93. The standard InChI is InChI=1S/C17H16ClF2NO2/c1-21(9-10-23-13-7-5-12(19)6-8-13)17(22)11-14-15(18)3-2-4-16(14)20/h2-8H,9-11H2,1H3. The molecule has 3 nitrogen and oxygen atoms in total. The number of halogens is 3. The van der Waals surface area contributed by atoms with Gasteiger partial charge in [-0.2, -0.15) is 0 Å². The van der Waals surface area contributed by atoms with Crippen molar-refractivity contribution in [3.8, 4) is 5.75 Å². The summed E-state index contributed by atoms with van der Waals surface area (Å²) in [4.78, 5) is 13.5. The van der Waals surface area contributed by atoms with Gasteiger partial charge in [-0.25, -0.2) is 8.78 Å². The lowest BCUT2D eigenvalue weighted by atomic mass is 10.1. The van der Waals surface area contributed by atoms with E-state index in [1.807, 2.05) is 0 Å². The zero-order chi connectivity index (χ0) is 16.8. The van der Waals surface area contributed by atoms with Gasteiger partial charge in [-0.1, -0.05) is 17.7 Å². The lowest BCUT2D eigenvalue weighted by Gasteiger charge is -2.18. The predicted molar refractivity (Wildman–Crippen MR) is 84.6 cm³/mol. The van der Waals surface area contributed by atoms with Gasteiger partial charge >= 0.3 is 0 Å². The molecule has 0 aliphatic heterocycles. The maximum atomic E-state index is 13.7. The normalized spacial score (nSPS) is 10.4. The van der Waals surface area contributed by atoms with Crippen molar-refractivity contribution in [1.82, 2.24) is 4.90 Å². The van der Waals surface area contributed by atoms with E-state index in [2.05, 4.69) is 0 Å². The number of ether oxygens (including phenoxy) is 1. The summed E-state index contributed by atoms with van der Waals surface area (Å²) in [5.74, 6) is -0.586. The first-order valence-corrected chi connectivity index (χ1v) is 7.40. The van der Waals surface area contributed by atoms with Crippen LogP contribution in [0.2, 0.25) is 5.02 Å². The van der Waals surface area contributed by atoms with Gasteiger partial charge in [0.2, 0.25) is 5.91 Å². The first kappa shape index (κ1) is 17.2. The summed E-state index contributed by atoms with van der Waals surface area (Å²) < 4.78 is 31.9. The molecule has 0 radical (unpaired) electrons. The molecular formula is C17H16ClF2NO2. The SMILES string of the molecule is CN(CCOc1ccc(F)cc1)C(=O)Cc1c(F)cccc1Cl. The highest BCUT2D eigenvalue weighted by molar-refractivity contribution is 6.31. The van der Waals surface area contributed by atoms with Crippen LogP contribution < -0.4 is 4.74 Å². The number of likely N-dealkylation sites (N-methyl/N-ethyl adjacent to an activating group) is 1. The van der Waals surface area contributed by atoms with Crippen LogP contribution in [-0.2, 0) is 11.2 Å². The van der Waals surface area contributed by atoms with Gasteiger partial charge in [0, 0.05) is 17.6 Å². The Morgan fingerprint density at radius 1 is 1.17 bits per heavy atom. The second-order valence-corrected chi connectivity index (χ2v) is 5.40. The fourth-order valence-corrected chi connectivity index (χ4v) is 2.17. The summed E-state index contributed by atoms with van der Waals surface area (Å²) in [5, 5.41) is 0.231. The smallest absolute Gasteiger partial charge is 0.227 e. The second kappa shape index (κ2) is 7.92. The molecule has 2 aromatic rings. The molecule has 0 aliphatic carbocycles. The monoisotopic (exact) mass is 339 g/mol. The molecule has 0 aliphatic rings. The van der Waals surface area contributed by atoms with Crippen LogP contribution in [0, 0.1) is 11.6 Å². The molecular weight excluding hydrogens is 324 g/mol. The van der Waals surface area contributed by atoms with Gasteiger partial charge in [0.05, 0.1) is 13.0 Å². The third-order valence-electron chi connectivity index (χ3n) is 3.32. The van der Waals surface area contributed by atoms with E-state index in [-0.39, 0.29) is 35.3 Å². The van der Waals surface area contributed by atoms with Gasteiger partial charge in [0.15, 0.2) is 0 Å². The van der Waals surface area contributed by atoms with Crippen molar-refractivity contribution in [2.24, 2.45) is 0 Å². The molecule has 2 rings (SSSR count). The molecule has 0 N–H and O–H groups in total. The van der Waals surface area contributed by atoms with E-state index in [4.69, 9.17) is 16.3 Å². The zero-order valence-electron chi connectivity index (χ0n) is 12.6. The van der Waals surface area contributed by atoms with E-state index >= 15 is 0 Å². The number of hydrogen-bond acceptors (Lipinski definition) is 2. The van der Waals surface area contributed by atoms with Crippen LogP contribution in [0.25, 0.3) is 0 Å². The summed E-state index contributed by atoms with van der Waals surface area (Å²) in [5.41, 5.74) is 0.186. The largest absolute Gasteiger partial charge is 0.492 e. The van der Waals surface area contributed by atoms with Crippen molar-refractivity contribution in [3.63, 3.8) is 0 Å². The Balaban J connectivity index is 1.84. The molecule has 0 unspecified atom stereocenters. The first-order valence-electron chi connectivity index (χ1n) is 7.02. The zero-order valence-corrected chi connectivity index (χ0v) is 13.3. The molecule has 0 heterocycles. The van der Waals surface area contributed by atoms with Gasteiger partial charge in [-0.3, -0.25) is 4.79 Å². The summed E-state index contributed by atoms with van der Waals surface area (Å²) in [7, 11) is 1.60. The Morgan fingerprint density at radius 2 is 1.87 bits per heavy atom. The van der Waals surface area contributed by atoms with Crippen molar-refractivity contribution in [2.45, 2.75) is 6.42 Å². The highest BCUT2D eigenvalue weighted by Crippen LogP contribution is 2.20. The van der Waals surface area contributed by atoms with Crippen molar-refractivity contribution in [3.05, 3.63) is 64.7 Å². The number of benzene rings is 2. The molecule has 0 saturated carbocycles. The Bertz CT molecular complexity index is 657. The van der Waals surface area contributed by atoms with Crippen LogP contribution in [0.15, 0.2) is 42.5 Å². The number of hydrogen-bond donors (Lipinski definition) is 0. The topological polar surface area (TPSA) is 29.5 Å². The van der Waals surface area contributed by atoms with Crippen LogP contribution in [0.1, 0.15) is 5.56 Å². The lowest BCUT2D eigenvalue weighted by molar-refractivity contribution is -0.129. The maximum absolute atomic E-state index is 13.7. The van der Waals surface area contributed by atoms with Crippen molar-refractivity contribution >= 4 is 17.5 Å². The quantitative estimate of drug-likeness (QED) is 0.803. The first-order chi connectivity index (χ1) is 11.0. The molecule has 6 heteroatoms. The molecule has 23 heavy (non-hydrogen) atoms. The summed E-state index contributed by atoms with van der Waals surface area (Å²) in [6.45, 7) is 0.571. The van der Waals surface area contributed by atoms with E-state index in [0.29, 0.717) is 12.3 Å². The van der Waals surface area contributed by atoms with Crippen LogP contribution in [0.3, 0.4) is 0 Å². The molecule has 0 spiro atoms. The van der Waals surface area contributed by atoms with Crippen LogP contribution in [-0.4, -0.2) is 31.0 Å². The highest BCUT2D eigenvalue weighted by atomic mass is 35.5. The number of carbonyl (C=O) groups is 1. The predicted octanol–water partition coefficient (Wildman–Crippen LogP) is 3.70. The second-order valence-electron chi connectivity index (χ2n) is 4.99. The van der Waals surface area contributed by atoms with Crippen LogP contribution in [0.5, 0.6) is 5.75 Å². The van der Waals surface area contributed by atoms with Gasteiger partial charge in [-0.15, -0.1) is 0 Å². The molecule has 1 amide bonds. The van der Waals surface area contributed by atoms with Crippen LogP contribution >= 0.6 is 11.6 Å². The van der Waals surface area contributed by atoms with E-state index in [0.717, 1.165) is 0 Å². The lowest BCUT2D eigenvalue weighted by Crippen LogP contribution is -2.32. The average molecular weight is 340 g/mol. The average Bonchev–Trinajstić information content (AvgIpc) is 2.52. The molecule has 0 bridgehead atoms. The van der Waals surface area contributed by atoms with Crippen molar-refractivity contribution < 1.29 is 18.3 Å². The summed E-state index contributed by atoms with van der Waals surface area (Å²) >= 11 is 5.91. The maximum Gasteiger partial charge on any atom is 0.227 e. The minimum Gasteiger partial charge on any atom is -0.492 e. The van der Waals surface area contributed by atoms with Gasteiger partial charge in [0.1, 0.15) is 24.0 Å². The fraction of sp³-hybridized carbons (Fsp3) is 0.235. The molecule has 0 aromatic heterocycles. The molecule has 0 atom stereocenters. The summed E-state index contributed by atoms with van der Waals surface area (Å²) in [6.07, 6.45) is -0.113. The number of amides is 1. The van der Waals surface area contributed by atoms with Crippen molar-refractivity contribution in [2.75, 3.05) is 20.2 Å². The number of carbonyl (C=O) groups excluding carboxylic acids is 1. The van der Waals surface area contributed by atoms with E-state index in [9.17, 15) is 13.6 Å². The molecule has 122 valence electrons. The third-order valence-corrected chi connectivity index (χ3v) is 3.68. The van der Waals surface area contributed by atoms with E-state index in [1.54, 1.807) is 13.1 Å². The molecule has 0 fully saturated rings. The Kier molecular flexibility index (Phi) is 5.93. The number of nitrogens with zero attached hydrogens (tertiary/aromatic N) is 1. The van der Waals surface area contributed by atoms with Gasteiger partial charge in [-0.05, 0) is 36.4 Å². The van der Waals surface area contributed by atoms with Gasteiger partial charge in [0.25, 0.3) is 0 Å². The Labute approximate surface area is 138 Å². The van der Waals surface area contributed by atoms with Crippen LogP contribution in [0.4, 0.5) is 8.78 Å². The van der Waals surface area contributed by atoms with Gasteiger partial charge < -0.3 is 9.64 Å². The summed E-state index contributed by atoms with van der Waals surface area (Å²) in [6, 6.07) is 9.92. The molecule has 0 saturated heterocycles. The van der Waals surface area contributed by atoms with Crippen molar-refractivity contribution in [1.29, 1.82) is 0 Å². The highest BCUT2D eigenvalue weighted by Gasteiger charge is 2.15.